The number of carbonyl (C=O) groups excluding carboxylic acids is 3. The minimum Gasteiger partial charge on any atom is -0.456 e. The Labute approximate surface area is 180 Å². The fourth-order valence-corrected chi connectivity index (χ4v) is 3.77. The van der Waals surface area contributed by atoms with Gasteiger partial charge in [-0.3, -0.25) is 19.7 Å². The summed E-state index contributed by atoms with van der Waals surface area (Å²) >= 11 is 5.82. The SMILES string of the molecule is O=C(OCc1ccccc1)C1=NNCC12CC(=O)N(c1ccc(Cl)c([N+](=O)[O-])c1)C2=O. The third kappa shape index (κ3) is 3.50. The average Bonchev–Trinajstić information content (AvgIpc) is 3.28. The molecule has 1 spiro atoms. The van der Waals surface area contributed by atoms with E-state index in [1.54, 1.807) is 24.3 Å². The quantitative estimate of drug-likeness (QED) is 0.325. The van der Waals surface area contributed by atoms with E-state index in [1.165, 1.54) is 12.1 Å². The molecule has 31 heavy (non-hydrogen) atoms. The number of imide groups is 1. The van der Waals surface area contributed by atoms with Crippen molar-refractivity contribution in [3.63, 3.8) is 0 Å². The number of ether oxygens (including phenoxy) is 1. The van der Waals surface area contributed by atoms with Crippen LogP contribution in [0.2, 0.25) is 5.02 Å². The van der Waals surface area contributed by atoms with Crippen molar-refractivity contribution in [3.8, 4) is 0 Å². The number of nitro groups is 1. The molecule has 2 aliphatic rings. The van der Waals surface area contributed by atoms with E-state index in [2.05, 4.69) is 10.5 Å². The monoisotopic (exact) mass is 442 g/mol. The van der Waals surface area contributed by atoms with E-state index in [0.29, 0.717) is 0 Å². The van der Waals surface area contributed by atoms with Crippen molar-refractivity contribution >= 4 is 46.5 Å². The summed E-state index contributed by atoms with van der Waals surface area (Å²) in [5.41, 5.74) is 1.16. The first-order valence-corrected chi connectivity index (χ1v) is 9.55. The summed E-state index contributed by atoms with van der Waals surface area (Å²) in [6.07, 6.45) is -0.325. The maximum atomic E-state index is 13.3. The number of carbonyl (C=O) groups is 3. The van der Waals surface area contributed by atoms with Gasteiger partial charge in [-0.1, -0.05) is 41.9 Å². The molecule has 1 atom stereocenters. The Morgan fingerprint density at radius 3 is 2.71 bits per heavy atom. The minimum absolute atomic E-state index is 0.00752. The predicted molar refractivity (Wildman–Crippen MR) is 109 cm³/mol. The van der Waals surface area contributed by atoms with Gasteiger partial charge in [0.2, 0.25) is 11.8 Å². The Kier molecular flexibility index (Phi) is 5.15. The van der Waals surface area contributed by atoms with Crippen molar-refractivity contribution in [2.75, 3.05) is 11.4 Å². The predicted octanol–water partition coefficient (Wildman–Crippen LogP) is 2.20. The lowest BCUT2D eigenvalue weighted by Crippen LogP contribution is -2.45. The molecule has 0 saturated carbocycles. The number of nitrogens with one attached hydrogen (secondary N) is 1. The second-order valence-corrected chi connectivity index (χ2v) is 7.45. The van der Waals surface area contributed by atoms with Crippen LogP contribution < -0.4 is 10.3 Å². The van der Waals surface area contributed by atoms with Crippen LogP contribution in [0.5, 0.6) is 0 Å². The van der Waals surface area contributed by atoms with Gasteiger partial charge in [0.05, 0.1) is 17.2 Å². The number of benzene rings is 2. The second-order valence-electron chi connectivity index (χ2n) is 7.04. The van der Waals surface area contributed by atoms with Crippen molar-refractivity contribution in [3.05, 3.63) is 69.2 Å². The molecule has 0 radical (unpaired) electrons. The maximum absolute atomic E-state index is 13.3. The summed E-state index contributed by atoms with van der Waals surface area (Å²) in [7, 11) is 0. The fourth-order valence-electron chi connectivity index (χ4n) is 3.58. The number of nitrogens with zero attached hydrogens (tertiary/aromatic N) is 3. The van der Waals surface area contributed by atoms with Crippen LogP contribution in [0, 0.1) is 15.5 Å². The summed E-state index contributed by atoms with van der Waals surface area (Å²) < 4.78 is 5.29. The Morgan fingerprint density at radius 2 is 2.00 bits per heavy atom. The second kappa shape index (κ2) is 7.80. The van der Waals surface area contributed by atoms with E-state index in [-0.39, 0.29) is 36.0 Å². The Balaban J connectivity index is 1.59. The molecular weight excluding hydrogens is 428 g/mol. The zero-order chi connectivity index (χ0) is 22.2. The van der Waals surface area contributed by atoms with E-state index in [4.69, 9.17) is 16.3 Å². The van der Waals surface area contributed by atoms with E-state index >= 15 is 0 Å². The lowest BCUT2D eigenvalue weighted by molar-refractivity contribution is -0.384. The van der Waals surface area contributed by atoms with Crippen molar-refractivity contribution < 1.29 is 24.0 Å². The molecule has 0 aliphatic carbocycles. The van der Waals surface area contributed by atoms with Crippen molar-refractivity contribution in [1.82, 2.24) is 5.43 Å². The number of hydrogen-bond donors (Lipinski definition) is 1. The highest BCUT2D eigenvalue weighted by Gasteiger charge is 2.60. The van der Waals surface area contributed by atoms with Crippen LogP contribution in [0.3, 0.4) is 0 Å². The number of rotatable bonds is 5. The third-order valence-electron chi connectivity index (χ3n) is 5.13. The number of halogens is 1. The van der Waals surface area contributed by atoms with Crippen LogP contribution in [0.15, 0.2) is 53.6 Å². The normalized spacial score (nSPS) is 20.0. The molecule has 158 valence electrons. The van der Waals surface area contributed by atoms with Crippen LogP contribution in [-0.4, -0.2) is 35.0 Å². The third-order valence-corrected chi connectivity index (χ3v) is 5.45. The summed E-state index contributed by atoms with van der Waals surface area (Å²) in [6.45, 7) is -0.0937. The molecule has 4 rings (SSSR count). The maximum Gasteiger partial charge on any atom is 0.356 e. The van der Waals surface area contributed by atoms with Gasteiger partial charge in [0.25, 0.3) is 5.69 Å². The van der Waals surface area contributed by atoms with Gasteiger partial charge >= 0.3 is 5.97 Å². The highest BCUT2D eigenvalue weighted by atomic mass is 35.5. The lowest BCUT2D eigenvalue weighted by Gasteiger charge is -2.21. The highest BCUT2D eigenvalue weighted by molar-refractivity contribution is 6.47. The molecule has 2 aromatic carbocycles. The molecule has 2 heterocycles. The summed E-state index contributed by atoms with van der Waals surface area (Å²) in [6, 6.07) is 12.6. The molecule has 2 aromatic rings. The molecule has 1 fully saturated rings. The number of hydrazone groups is 1. The van der Waals surface area contributed by atoms with Gasteiger partial charge in [-0.25, -0.2) is 9.69 Å². The van der Waals surface area contributed by atoms with Crippen LogP contribution in [0.1, 0.15) is 12.0 Å². The van der Waals surface area contributed by atoms with Crippen molar-refractivity contribution in [2.24, 2.45) is 10.5 Å². The zero-order valence-electron chi connectivity index (χ0n) is 15.9. The number of nitro benzene ring substituents is 1. The van der Waals surface area contributed by atoms with Gasteiger partial charge in [-0.15, -0.1) is 0 Å². The highest BCUT2D eigenvalue weighted by Crippen LogP contribution is 2.41. The topological polar surface area (TPSA) is 131 Å². The van der Waals surface area contributed by atoms with Gasteiger partial charge in [-0.2, -0.15) is 5.10 Å². The summed E-state index contributed by atoms with van der Waals surface area (Å²) in [5, 5.41) is 15.0. The molecule has 2 aliphatic heterocycles. The van der Waals surface area contributed by atoms with Gasteiger partial charge in [-0.05, 0) is 17.7 Å². The largest absolute Gasteiger partial charge is 0.456 e. The molecule has 1 unspecified atom stereocenters. The molecule has 2 amide bonds. The molecule has 1 saturated heterocycles. The average molecular weight is 443 g/mol. The van der Waals surface area contributed by atoms with E-state index in [9.17, 15) is 24.5 Å². The molecule has 10 nitrogen and oxygen atoms in total. The van der Waals surface area contributed by atoms with Crippen LogP contribution in [0.25, 0.3) is 0 Å². The van der Waals surface area contributed by atoms with Crippen molar-refractivity contribution in [1.29, 1.82) is 0 Å². The van der Waals surface area contributed by atoms with E-state index < -0.39 is 33.8 Å². The van der Waals surface area contributed by atoms with Gasteiger partial charge in [0.15, 0.2) is 5.71 Å². The van der Waals surface area contributed by atoms with Crippen LogP contribution in [0.4, 0.5) is 11.4 Å². The first-order valence-electron chi connectivity index (χ1n) is 9.17. The van der Waals surface area contributed by atoms with Crippen LogP contribution in [-0.2, 0) is 25.7 Å². The Morgan fingerprint density at radius 1 is 1.26 bits per heavy atom. The van der Waals surface area contributed by atoms with Crippen molar-refractivity contribution in [2.45, 2.75) is 13.0 Å². The number of anilines is 1. The van der Waals surface area contributed by atoms with E-state index in [1.807, 2.05) is 6.07 Å². The fraction of sp³-hybridized carbons (Fsp3) is 0.200. The molecule has 1 N–H and O–H groups in total. The van der Waals surface area contributed by atoms with Gasteiger partial charge in [0, 0.05) is 12.5 Å². The minimum atomic E-state index is -1.54. The number of hydrogen-bond acceptors (Lipinski definition) is 8. The van der Waals surface area contributed by atoms with Gasteiger partial charge in [0.1, 0.15) is 17.0 Å². The molecule has 0 bridgehead atoms. The zero-order valence-corrected chi connectivity index (χ0v) is 16.7. The Hall–Kier alpha value is -3.79. The summed E-state index contributed by atoms with van der Waals surface area (Å²) in [5.74, 6) is -2.15. The first-order chi connectivity index (χ1) is 14.8. The number of amides is 2. The Bertz CT molecular complexity index is 1140. The standard InChI is InChI=1S/C20H15ClN4O6/c21-14-7-6-13(8-15(14)25(29)30)24-16(26)9-20(19(24)28)11-22-23-17(20)18(27)31-10-12-4-2-1-3-5-12/h1-8,22H,9-11H2. The molecule has 11 heteroatoms. The summed E-state index contributed by atoms with van der Waals surface area (Å²) in [4.78, 5) is 50.0. The van der Waals surface area contributed by atoms with Gasteiger partial charge < -0.3 is 10.2 Å². The van der Waals surface area contributed by atoms with Crippen LogP contribution >= 0.6 is 11.6 Å². The first kappa shape index (κ1) is 20.5. The number of esters is 1. The van der Waals surface area contributed by atoms with E-state index in [0.717, 1.165) is 16.5 Å². The smallest absolute Gasteiger partial charge is 0.356 e. The lowest BCUT2D eigenvalue weighted by atomic mass is 9.81. The molecule has 0 aromatic heterocycles. The molecular formula is C20H15ClN4O6.